The first-order valence-electron chi connectivity index (χ1n) is 6.61. The van der Waals surface area contributed by atoms with E-state index < -0.39 is 0 Å². The van der Waals surface area contributed by atoms with Crippen molar-refractivity contribution in [2.75, 3.05) is 6.54 Å². The molecule has 0 fully saturated rings. The van der Waals surface area contributed by atoms with Crippen molar-refractivity contribution in [3.63, 3.8) is 0 Å². The van der Waals surface area contributed by atoms with Crippen LogP contribution in [0.25, 0.3) is 0 Å². The Balaban J connectivity index is 1.67. The summed E-state index contributed by atoms with van der Waals surface area (Å²) in [6, 6.07) is 11.0. The Labute approximate surface area is 126 Å². The monoisotopic (exact) mass is 303 g/mol. The maximum atomic E-state index is 4.21. The van der Waals surface area contributed by atoms with Gasteiger partial charge in [0.15, 0.2) is 0 Å². The Hall–Kier alpha value is -1.43. The summed E-state index contributed by atoms with van der Waals surface area (Å²) in [6.07, 6.45) is 2.84. The van der Waals surface area contributed by atoms with Crippen LogP contribution in [-0.4, -0.2) is 16.3 Å². The highest BCUT2D eigenvalue weighted by molar-refractivity contribution is 7.11. The van der Waals surface area contributed by atoms with E-state index in [0.29, 0.717) is 6.04 Å². The molecule has 0 spiro atoms. The predicted octanol–water partition coefficient (Wildman–Crippen LogP) is 3.46. The lowest BCUT2D eigenvalue weighted by molar-refractivity contribution is 0.600. The second-order valence-electron chi connectivity index (χ2n) is 4.61. The zero-order chi connectivity index (χ0) is 13.8. The zero-order valence-electron chi connectivity index (χ0n) is 11.3. The van der Waals surface area contributed by atoms with Crippen LogP contribution in [0, 0.1) is 0 Å². The summed E-state index contributed by atoms with van der Waals surface area (Å²) in [5, 5.41) is 12.2. The highest BCUT2D eigenvalue weighted by Gasteiger charge is 2.15. The van der Waals surface area contributed by atoms with E-state index in [1.807, 2.05) is 17.9 Å². The van der Waals surface area contributed by atoms with Crippen molar-refractivity contribution in [3.8, 4) is 0 Å². The quantitative estimate of drug-likeness (QED) is 0.756. The number of rotatable bonds is 6. The van der Waals surface area contributed by atoms with Crippen LogP contribution in [-0.2, 0) is 13.5 Å². The summed E-state index contributed by atoms with van der Waals surface area (Å²) in [4.78, 5) is 2.75. The highest BCUT2D eigenvalue weighted by atomic mass is 32.1. The summed E-state index contributed by atoms with van der Waals surface area (Å²) < 4.78 is 1.94. The Kier molecular flexibility index (Phi) is 4.30. The molecule has 0 saturated carbocycles. The Morgan fingerprint density at radius 2 is 1.85 bits per heavy atom. The lowest BCUT2D eigenvalue weighted by Crippen LogP contribution is -2.24. The van der Waals surface area contributed by atoms with Gasteiger partial charge in [-0.1, -0.05) is 12.1 Å². The van der Waals surface area contributed by atoms with Crippen LogP contribution in [0.2, 0.25) is 0 Å². The van der Waals surface area contributed by atoms with Gasteiger partial charge in [0.25, 0.3) is 0 Å². The molecule has 0 aliphatic rings. The average Bonchev–Trinajstić information content (AvgIpc) is 3.18. The summed E-state index contributed by atoms with van der Waals surface area (Å²) in [7, 11) is 1.99. The number of hydrogen-bond donors (Lipinski definition) is 1. The van der Waals surface area contributed by atoms with E-state index in [4.69, 9.17) is 0 Å². The number of nitrogens with one attached hydrogen (secondary N) is 1. The molecule has 0 atom stereocenters. The van der Waals surface area contributed by atoms with Gasteiger partial charge in [0.1, 0.15) is 0 Å². The van der Waals surface area contributed by atoms with Gasteiger partial charge in [-0.2, -0.15) is 5.10 Å². The van der Waals surface area contributed by atoms with Gasteiger partial charge >= 0.3 is 0 Å². The summed E-state index contributed by atoms with van der Waals surface area (Å²) in [5.41, 5.74) is 1.26. The summed E-state index contributed by atoms with van der Waals surface area (Å²) in [6.45, 7) is 0.944. The normalized spacial score (nSPS) is 11.3. The fourth-order valence-electron chi connectivity index (χ4n) is 2.24. The van der Waals surface area contributed by atoms with Crippen molar-refractivity contribution in [3.05, 3.63) is 62.7 Å². The molecular formula is C15H17N3S2. The lowest BCUT2D eigenvalue weighted by atomic mass is 10.2. The van der Waals surface area contributed by atoms with Crippen molar-refractivity contribution in [2.45, 2.75) is 12.5 Å². The SMILES string of the molecule is Cn1nccc1CCNC(c1cccs1)c1cccs1. The maximum absolute atomic E-state index is 4.21. The number of aromatic nitrogens is 2. The molecule has 5 heteroatoms. The van der Waals surface area contributed by atoms with Crippen LogP contribution in [0.5, 0.6) is 0 Å². The molecule has 3 heterocycles. The minimum Gasteiger partial charge on any atom is -0.305 e. The summed E-state index contributed by atoms with van der Waals surface area (Å²) in [5.74, 6) is 0. The van der Waals surface area contributed by atoms with E-state index in [9.17, 15) is 0 Å². The van der Waals surface area contributed by atoms with E-state index in [1.54, 1.807) is 22.7 Å². The Morgan fingerprint density at radius 3 is 2.35 bits per heavy atom. The zero-order valence-corrected chi connectivity index (χ0v) is 13.0. The number of hydrogen-bond acceptors (Lipinski definition) is 4. The third kappa shape index (κ3) is 3.00. The van der Waals surface area contributed by atoms with E-state index >= 15 is 0 Å². The van der Waals surface area contributed by atoms with Crippen LogP contribution in [0.3, 0.4) is 0 Å². The second kappa shape index (κ2) is 6.35. The molecule has 0 unspecified atom stereocenters. The molecule has 0 aliphatic carbocycles. The van der Waals surface area contributed by atoms with Crippen LogP contribution >= 0.6 is 22.7 Å². The van der Waals surface area contributed by atoms with Crippen LogP contribution < -0.4 is 5.32 Å². The molecule has 0 aliphatic heterocycles. The molecule has 0 amide bonds. The Bertz CT molecular complexity index is 592. The average molecular weight is 303 g/mol. The molecule has 0 radical (unpaired) electrons. The minimum absolute atomic E-state index is 0.309. The first-order chi connectivity index (χ1) is 9.84. The topological polar surface area (TPSA) is 29.9 Å². The van der Waals surface area contributed by atoms with Crippen LogP contribution in [0.4, 0.5) is 0 Å². The third-order valence-corrected chi connectivity index (χ3v) is 5.18. The van der Waals surface area contributed by atoms with Gasteiger partial charge in [-0.05, 0) is 29.0 Å². The van der Waals surface area contributed by atoms with Gasteiger partial charge in [-0.3, -0.25) is 4.68 Å². The standard InChI is InChI=1S/C15H17N3S2/c1-18-12(7-9-17-18)6-8-16-15(13-4-2-10-19-13)14-5-3-11-20-14/h2-5,7,9-11,15-16H,6,8H2,1H3. The van der Waals surface area contributed by atoms with Crippen molar-refractivity contribution in [2.24, 2.45) is 7.05 Å². The molecule has 3 aromatic rings. The fraction of sp³-hybridized carbons (Fsp3) is 0.267. The van der Waals surface area contributed by atoms with Gasteiger partial charge in [0, 0.05) is 41.7 Å². The van der Waals surface area contributed by atoms with Gasteiger partial charge < -0.3 is 5.32 Å². The lowest BCUT2D eigenvalue weighted by Gasteiger charge is -2.16. The Morgan fingerprint density at radius 1 is 1.15 bits per heavy atom. The molecule has 20 heavy (non-hydrogen) atoms. The van der Waals surface area contributed by atoms with Crippen molar-refractivity contribution >= 4 is 22.7 Å². The first kappa shape index (κ1) is 13.5. The van der Waals surface area contributed by atoms with Gasteiger partial charge in [-0.15, -0.1) is 22.7 Å². The number of thiophene rings is 2. The van der Waals surface area contributed by atoms with E-state index in [-0.39, 0.29) is 0 Å². The van der Waals surface area contributed by atoms with E-state index in [2.05, 4.69) is 51.5 Å². The molecule has 0 saturated heterocycles. The maximum Gasteiger partial charge on any atom is 0.0764 e. The number of nitrogens with zero attached hydrogens (tertiary/aromatic N) is 2. The summed E-state index contributed by atoms with van der Waals surface area (Å²) >= 11 is 3.61. The van der Waals surface area contributed by atoms with Gasteiger partial charge in [-0.25, -0.2) is 0 Å². The molecule has 3 aromatic heterocycles. The fourth-order valence-corrected chi connectivity index (χ4v) is 3.95. The second-order valence-corrected chi connectivity index (χ2v) is 6.57. The molecular weight excluding hydrogens is 286 g/mol. The first-order valence-corrected chi connectivity index (χ1v) is 8.37. The van der Waals surface area contributed by atoms with Gasteiger partial charge in [0.2, 0.25) is 0 Å². The van der Waals surface area contributed by atoms with Crippen LogP contribution in [0.15, 0.2) is 47.3 Å². The van der Waals surface area contributed by atoms with Crippen molar-refractivity contribution in [1.82, 2.24) is 15.1 Å². The largest absolute Gasteiger partial charge is 0.305 e. The number of aryl methyl sites for hydroxylation is 1. The molecule has 0 bridgehead atoms. The molecule has 104 valence electrons. The highest BCUT2D eigenvalue weighted by Crippen LogP contribution is 2.28. The van der Waals surface area contributed by atoms with Crippen LogP contribution in [0.1, 0.15) is 21.5 Å². The van der Waals surface area contributed by atoms with Crippen molar-refractivity contribution in [1.29, 1.82) is 0 Å². The van der Waals surface area contributed by atoms with Crippen molar-refractivity contribution < 1.29 is 0 Å². The molecule has 1 N–H and O–H groups in total. The predicted molar refractivity (Wildman–Crippen MR) is 85.4 cm³/mol. The smallest absolute Gasteiger partial charge is 0.0764 e. The van der Waals surface area contributed by atoms with Gasteiger partial charge in [0.05, 0.1) is 6.04 Å². The molecule has 3 rings (SSSR count). The third-order valence-electron chi connectivity index (χ3n) is 3.31. The minimum atomic E-state index is 0.309. The van der Waals surface area contributed by atoms with E-state index in [1.165, 1.54) is 15.4 Å². The molecule has 3 nitrogen and oxygen atoms in total. The van der Waals surface area contributed by atoms with E-state index in [0.717, 1.165) is 13.0 Å². The molecule has 0 aromatic carbocycles.